The Morgan fingerprint density at radius 3 is 2.42 bits per heavy atom. The quantitative estimate of drug-likeness (QED) is 0.701. The lowest BCUT2D eigenvalue weighted by molar-refractivity contribution is 0.114. The van der Waals surface area contributed by atoms with Gasteiger partial charge >= 0.3 is 0 Å². The van der Waals surface area contributed by atoms with Crippen LogP contribution in [0.4, 0.5) is 0 Å². The summed E-state index contributed by atoms with van der Waals surface area (Å²) in [6.45, 7) is 5.77. The van der Waals surface area contributed by atoms with Gasteiger partial charge in [0.15, 0.2) is 0 Å². The van der Waals surface area contributed by atoms with E-state index in [1.807, 2.05) is 13.8 Å². The van der Waals surface area contributed by atoms with Crippen LogP contribution in [0.1, 0.15) is 19.4 Å². The maximum atomic E-state index is 11.9. The van der Waals surface area contributed by atoms with E-state index >= 15 is 0 Å². The van der Waals surface area contributed by atoms with E-state index < -0.39 is 10.0 Å². The molecule has 5 nitrogen and oxygen atoms in total. The average molecular weight is 286 g/mol. The Bertz CT molecular complexity index is 469. The van der Waals surface area contributed by atoms with Gasteiger partial charge in [0, 0.05) is 19.7 Å². The molecule has 0 saturated carbocycles. The number of benzene rings is 1. The molecule has 0 aromatic heterocycles. The molecule has 0 radical (unpaired) electrons. The molecule has 0 fully saturated rings. The Morgan fingerprint density at radius 1 is 1.26 bits per heavy atom. The Labute approximate surface area is 115 Å². The van der Waals surface area contributed by atoms with E-state index in [2.05, 4.69) is 4.72 Å². The maximum Gasteiger partial charge on any atom is 0.240 e. The van der Waals surface area contributed by atoms with Gasteiger partial charge in [0.2, 0.25) is 10.0 Å². The van der Waals surface area contributed by atoms with Crippen molar-refractivity contribution in [3.8, 4) is 0 Å². The topological polar surface area (TPSA) is 81.4 Å². The van der Waals surface area contributed by atoms with Gasteiger partial charge in [0.05, 0.1) is 11.5 Å². The second kappa shape index (κ2) is 7.59. The fraction of sp³-hybridized carbons (Fsp3) is 0.538. The molecule has 0 bridgehead atoms. The number of hydrogen-bond acceptors (Lipinski definition) is 4. The van der Waals surface area contributed by atoms with Crippen LogP contribution in [-0.4, -0.2) is 28.2 Å². The summed E-state index contributed by atoms with van der Waals surface area (Å²) >= 11 is 0. The van der Waals surface area contributed by atoms with E-state index in [1.165, 1.54) is 0 Å². The number of sulfonamides is 1. The lowest BCUT2D eigenvalue weighted by atomic mass is 10.2. The van der Waals surface area contributed by atoms with Crippen LogP contribution in [0.25, 0.3) is 0 Å². The predicted octanol–water partition coefficient (Wildman–Crippen LogP) is 1.10. The molecule has 0 spiro atoms. The normalized spacial score (nSPS) is 12.0. The summed E-state index contributed by atoms with van der Waals surface area (Å²) < 4.78 is 31.7. The van der Waals surface area contributed by atoms with Gasteiger partial charge in [0.1, 0.15) is 0 Å². The molecule has 19 heavy (non-hydrogen) atoms. The third-order valence-corrected chi connectivity index (χ3v) is 3.94. The van der Waals surface area contributed by atoms with Gasteiger partial charge in [-0.3, -0.25) is 0 Å². The number of nitrogens with one attached hydrogen (secondary N) is 1. The predicted molar refractivity (Wildman–Crippen MR) is 75.2 cm³/mol. The molecule has 0 atom stereocenters. The van der Waals surface area contributed by atoms with Crippen LogP contribution in [0, 0.1) is 5.92 Å². The van der Waals surface area contributed by atoms with Gasteiger partial charge < -0.3 is 10.5 Å². The molecule has 0 unspecified atom stereocenters. The van der Waals surface area contributed by atoms with Crippen molar-refractivity contribution in [2.24, 2.45) is 11.7 Å². The van der Waals surface area contributed by atoms with Crippen LogP contribution in [-0.2, 0) is 21.3 Å². The molecule has 0 aliphatic rings. The first kappa shape index (κ1) is 16.1. The van der Waals surface area contributed by atoms with E-state index in [4.69, 9.17) is 10.5 Å². The molecule has 6 heteroatoms. The molecule has 0 heterocycles. The van der Waals surface area contributed by atoms with Crippen LogP contribution >= 0.6 is 0 Å². The molecule has 0 amide bonds. The number of rotatable bonds is 8. The highest BCUT2D eigenvalue weighted by Gasteiger charge is 2.12. The molecule has 0 saturated heterocycles. The third-order valence-electron chi connectivity index (χ3n) is 2.46. The van der Waals surface area contributed by atoms with E-state index in [0.717, 1.165) is 5.56 Å². The Kier molecular flexibility index (Phi) is 6.44. The molecular formula is C13H22N2O3S. The van der Waals surface area contributed by atoms with E-state index in [9.17, 15) is 8.42 Å². The van der Waals surface area contributed by atoms with Crippen molar-refractivity contribution in [2.45, 2.75) is 25.3 Å². The van der Waals surface area contributed by atoms with Gasteiger partial charge in [-0.25, -0.2) is 13.1 Å². The summed E-state index contributed by atoms with van der Waals surface area (Å²) in [4.78, 5) is 0.244. The zero-order valence-electron chi connectivity index (χ0n) is 11.4. The van der Waals surface area contributed by atoms with Gasteiger partial charge in [-0.15, -0.1) is 0 Å². The van der Waals surface area contributed by atoms with E-state index in [0.29, 0.717) is 25.7 Å². The largest absolute Gasteiger partial charge is 0.380 e. The first-order chi connectivity index (χ1) is 8.95. The fourth-order valence-corrected chi connectivity index (χ4v) is 2.47. The highest BCUT2D eigenvalue weighted by molar-refractivity contribution is 7.89. The summed E-state index contributed by atoms with van der Waals surface area (Å²) in [5.41, 5.74) is 6.37. The average Bonchev–Trinajstić information content (AvgIpc) is 2.38. The first-order valence-corrected chi connectivity index (χ1v) is 7.80. The van der Waals surface area contributed by atoms with Gasteiger partial charge in [-0.2, -0.15) is 0 Å². The summed E-state index contributed by atoms with van der Waals surface area (Å²) in [5, 5.41) is 0. The van der Waals surface area contributed by atoms with Crippen LogP contribution < -0.4 is 10.5 Å². The minimum absolute atomic E-state index is 0.244. The second-order valence-electron chi connectivity index (χ2n) is 4.71. The minimum atomic E-state index is -3.46. The molecular weight excluding hydrogens is 264 g/mol. The van der Waals surface area contributed by atoms with Crippen molar-refractivity contribution in [3.05, 3.63) is 29.8 Å². The van der Waals surface area contributed by atoms with Gasteiger partial charge in [0.25, 0.3) is 0 Å². The standard InChI is InChI=1S/C13H22N2O3S/c1-11(2)10-18-8-7-15-19(16,17)13-5-3-12(9-14)4-6-13/h3-6,11,15H,7-10,14H2,1-2H3. The fourth-order valence-electron chi connectivity index (χ4n) is 1.46. The SMILES string of the molecule is CC(C)COCCNS(=O)(=O)c1ccc(CN)cc1. The molecule has 1 rings (SSSR count). The summed E-state index contributed by atoms with van der Waals surface area (Å²) in [6.07, 6.45) is 0. The third kappa shape index (κ3) is 5.69. The van der Waals surface area contributed by atoms with E-state index in [1.54, 1.807) is 24.3 Å². The number of ether oxygens (including phenoxy) is 1. The van der Waals surface area contributed by atoms with Crippen molar-refractivity contribution in [3.63, 3.8) is 0 Å². The summed E-state index contributed by atoms with van der Waals surface area (Å²) in [5.74, 6) is 0.445. The Morgan fingerprint density at radius 2 is 1.89 bits per heavy atom. The van der Waals surface area contributed by atoms with Gasteiger partial charge in [-0.1, -0.05) is 26.0 Å². The molecule has 0 aliphatic carbocycles. The zero-order chi connectivity index (χ0) is 14.3. The van der Waals surface area contributed by atoms with Crippen LogP contribution in [0.5, 0.6) is 0 Å². The lowest BCUT2D eigenvalue weighted by Crippen LogP contribution is -2.27. The highest BCUT2D eigenvalue weighted by atomic mass is 32.2. The highest BCUT2D eigenvalue weighted by Crippen LogP contribution is 2.09. The van der Waals surface area contributed by atoms with Crippen LogP contribution in [0.2, 0.25) is 0 Å². The number of nitrogens with two attached hydrogens (primary N) is 1. The molecule has 1 aromatic rings. The van der Waals surface area contributed by atoms with Crippen LogP contribution in [0.15, 0.2) is 29.2 Å². The Balaban J connectivity index is 2.46. The van der Waals surface area contributed by atoms with Crippen molar-refractivity contribution < 1.29 is 13.2 Å². The van der Waals surface area contributed by atoms with Gasteiger partial charge in [-0.05, 0) is 23.6 Å². The van der Waals surface area contributed by atoms with Crippen molar-refractivity contribution >= 4 is 10.0 Å². The van der Waals surface area contributed by atoms with Crippen molar-refractivity contribution in [2.75, 3.05) is 19.8 Å². The monoisotopic (exact) mass is 286 g/mol. The summed E-state index contributed by atoms with van der Waals surface area (Å²) in [6, 6.07) is 6.53. The van der Waals surface area contributed by atoms with Crippen LogP contribution in [0.3, 0.4) is 0 Å². The molecule has 0 aliphatic heterocycles. The Hall–Kier alpha value is -0.950. The molecule has 3 N–H and O–H groups in total. The number of hydrogen-bond donors (Lipinski definition) is 2. The molecule has 108 valence electrons. The van der Waals surface area contributed by atoms with Crippen molar-refractivity contribution in [1.82, 2.24) is 4.72 Å². The van der Waals surface area contributed by atoms with Crippen molar-refractivity contribution in [1.29, 1.82) is 0 Å². The summed E-state index contributed by atoms with van der Waals surface area (Å²) in [7, 11) is -3.46. The smallest absolute Gasteiger partial charge is 0.240 e. The minimum Gasteiger partial charge on any atom is -0.380 e. The maximum absolute atomic E-state index is 11.9. The first-order valence-electron chi connectivity index (χ1n) is 6.32. The second-order valence-corrected chi connectivity index (χ2v) is 6.48. The lowest BCUT2D eigenvalue weighted by Gasteiger charge is -2.09. The zero-order valence-corrected chi connectivity index (χ0v) is 12.2. The molecule has 1 aromatic carbocycles. The van der Waals surface area contributed by atoms with E-state index in [-0.39, 0.29) is 11.4 Å².